The summed E-state index contributed by atoms with van der Waals surface area (Å²) in [5.41, 5.74) is 10.6. The van der Waals surface area contributed by atoms with Gasteiger partial charge < -0.3 is 10.1 Å². The van der Waals surface area contributed by atoms with Crippen LogP contribution >= 0.6 is 0 Å². The van der Waals surface area contributed by atoms with Gasteiger partial charge >= 0.3 is 0 Å². The molecule has 0 aliphatic heterocycles. The molecule has 3 nitrogen and oxygen atoms in total. The summed E-state index contributed by atoms with van der Waals surface area (Å²) in [4.78, 5) is 4.55. The van der Waals surface area contributed by atoms with Gasteiger partial charge in [0.05, 0.1) is 11.7 Å². The fraction of sp³-hybridized carbons (Fsp3) is 0.188. The number of pyridine rings is 1. The second-order valence-corrected chi connectivity index (χ2v) is 4.77. The van der Waals surface area contributed by atoms with Crippen LogP contribution in [0.3, 0.4) is 0 Å². The molecule has 0 aliphatic rings. The molecule has 0 unspecified atom stereocenters. The van der Waals surface area contributed by atoms with E-state index in [1.807, 2.05) is 12.3 Å². The summed E-state index contributed by atoms with van der Waals surface area (Å²) >= 11 is 0. The molecule has 0 fully saturated rings. The Labute approximate surface area is 112 Å². The van der Waals surface area contributed by atoms with Crippen molar-refractivity contribution in [3.8, 4) is 0 Å². The fourth-order valence-corrected chi connectivity index (χ4v) is 2.42. The fourth-order valence-electron chi connectivity index (χ4n) is 2.42. The van der Waals surface area contributed by atoms with Crippen LogP contribution in [0.15, 0.2) is 48.8 Å². The molecule has 3 aromatic rings. The molecule has 0 spiro atoms. The minimum absolute atomic E-state index is 0.542. The summed E-state index contributed by atoms with van der Waals surface area (Å²) in [6.07, 6.45) is 4.81. The number of hydrogen-bond donors (Lipinski definition) is 1. The molecule has 0 bridgehead atoms. The molecule has 0 saturated heterocycles. The van der Waals surface area contributed by atoms with Crippen molar-refractivity contribution in [3.63, 3.8) is 0 Å². The first-order valence-corrected chi connectivity index (χ1v) is 6.48. The molecule has 3 rings (SSSR count). The Morgan fingerprint density at radius 2 is 1.89 bits per heavy atom. The highest BCUT2D eigenvalue weighted by molar-refractivity contribution is 5.54. The van der Waals surface area contributed by atoms with E-state index in [-0.39, 0.29) is 0 Å². The molecule has 96 valence electrons. The molecule has 2 N–H and O–H groups in total. The molecule has 0 atom stereocenters. The Hall–Kier alpha value is -2.13. The average Bonchev–Trinajstić information content (AvgIpc) is 2.84. The van der Waals surface area contributed by atoms with Gasteiger partial charge in [0.25, 0.3) is 0 Å². The SMILES string of the molecule is Cc1ccccc1Cc1ncc2c(CN)cccn12. The van der Waals surface area contributed by atoms with E-state index in [0.717, 1.165) is 23.3 Å². The Kier molecular flexibility index (Phi) is 3.05. The van der Waals surface area contributed by atoms with Gasteiger partial charge in [-0.2, -0.15) is 0 Å². The second kappa shape index (κ2) is 4.86. The number of benzene rings is 1. The Morgan fingerprint density at radius 1 is 1.11 bits per heavy atom. The summed E-state index contributed by atoms with van der Waals surface area (Å²) < 4.78 is 2.13. The van der Waals surface area contributed by atoms with Crippen molar-refractivity contribution in [2.75, 3.05) is 0 Å². The predicted molar refractivity (Wildman–Crippen MR) is 77.1 cm³/mol. The lowest BCUT2D eigenvalue weighted by atomic mass is 10.1. The Balaban J connectivity index is 2.05. The molecule has 0 amide bonds. The quantitative estimate of drug-likeness (QED) is 0.777. The molecular weight excluding hydrogens is 234 g/mol. The van der Waals surface area contributed by atoms with Gasteiger partial charge in [0, 0.05) is 19.2 Å². The lowest BCUT2D eigenvalue weighted by Gasteiger charge is -2.06. The third kappa shape index (κ3) is 2.13. The van der Waals surface area contributed by atoms with E-state index in [0.29, 0.717) is 6.54 Å². The maximum Gasteiger partial charge on any atom is 0.117 e. The first-order valence-electron chi connectivity index (χ1n) is 6.48. The minimum Gasteiger partial charge on any atom is -0.326 e. The largest absolute Gasteiger partial charge is 0.326 e. The first-order chi connectivity index (χ1) is 9.29. The van der Waals surface area contributed by atoms with E-state index in [1.54, 1.807) is 0 Å². The van der Waals surface area contributed by atoms with Crippen molar-refractivity contribution in [1.82, 2.24) is 9.38 Å². The summed E-state index contributed by atoms with van der Waals surface area (Å²) in [6.45, 7) is 2.68. The lowest BCUT2D eigenvalue weighted by Crippen LogP contribution is -2.01. The number of aromatic nitrogens is 2. The van der Waals surface area contributed by atoms with E-state index in [9.17, 15) is 0 Å². The highest BCUT2D eigenvalue weighted by atomic mass is 15.0. The number of rotatable bonds is 3. The monoisotopic (exact) mass is 251 g/mol. The average molecular weight is 251 g/mol. The lowest BCUT2D eigenvalue weighted by molar-refractivity contribution is 0.945. The normalized spacial score (nSPS) is 11.1. The van der Waals surface area contributed by atoms with Crippen molar-refractivity contribution in [1.29, 1.82) is 0 Å². The van der Waals surface area contributed by atoms with E-state index in [4.69, 9.17) is 5.73 Å². The van der Waals surface area contributed by atoms with Gasteiger partial charge in [0.15, 0.2) is 0 Å². The van der Waals surface area contributed by atoms with Crippen LogP contribution in [0.1, 0.15) is 22.5 Å². The third-order valence-electron chi connectivity index (χ3n) is 3.56. The van der Waals surface area contributed by atoms with Crippen molar-refractivity contribution in [3.05, 3.63) is 71.3 Å². The van der Waals surface area contributed by atoms with Crippen LogP contribution in [0.2, 0.25) is 0 Å². The van der Waals surface area contributed by atoms with E-state index < -0.39 is 0 Å². The van der Waals surface area contributed by atoms with Crippen molar-refractivity contribution >= 4 is 5.52 Å². The molecule has 2 heterocycles. The maximum absolute atomic E-state index is 5.76. The van der Waals surface area contributed by atoms with Crippen LogP contribution in [0.25, 0.3) is 5.52 Å². The molecule has 0 radical (unpaired) electrons. The summed E-state index contributed by atoms with van der Waals surface area (Å²) in [5, 5.41) is 0. The van der Waals surface area contributed by atoms with E-state index in [1.165, 1.54) is 11.1 Å². The summed E-state index contributed by atoms with van der Waals surface area (Å²) in [5.74, 6) is 1.06. The molecule has 2 aromatic heterocycles. The summed E-state index contributed by atoms with van der Waals surface area (Å²) in [6, 6.07) is 12.5. The first kappa shape index (κ1) is 11.9. The predicted octanol–water partition coefficient (Wildman–Crippen LogP) is 2.69. The van der Waals surface area contributed by atoms with Crippen molar-refractivity contribution < 1.29 is 0 Å². The number of hydrogen-bond acceptors (Lipinski definition) is 2. The van der Waals surface area contributed by atoms with Crippen molar-refractivity contribution in [2.45, 2.75) is 19.9 Å². The Bertz CT molecular complexity index is 713. The van der Waals surface area contributed by atoms with Crippen LogP contribution in [-0.4, -0.2) is 9.38 Å². The molecular formula is C16H17N3. The van der Waals surface area contributed by atoms with Gasteiger partial charge in [-0.25, -0.2) is 4.98 Å². The number of nitrogens with zero attached hydrogens (tertiary/aromatic N) is 2. The van der Waals surface area contributed by atoms with Crippen LogP contribution < -0.4 is 5.73 Å². The van der Waals surface area contributed by atoms with Crippen LogP contribution in [0.4, 0.5) is 0 Å². The highest BCUT2D eigenvalue weighted by Crippen LogP contribution is 2.16. The van der Waals surface area contributed by atoms with Gasteiger partial charge in [0.2, 0.25) is 0 Å². The molecule has 0 saturated carbocycles. The molecule has 1 aromatic carbocycles. The van der Waals surface area contributed by atoms with Gasteiger partial charge in [-0.05, 0) is 29.7 Å². The standard InChI is InChI=1S/C16H17N3/c1-12-5-2-3-6-13(12)9-16-18-11-15-14(10-17)7-4-8-19(15)16/h2-8,11H,9-10,17H2,1H3. The number of nitrogens with two attached hydrogens (primary N) is 1. The van der Waals surface area contributed by atoms with Crippen LogP contribution in [0, 0.1) is 6.92 Å². The van der Waals surface area contributed by atoms with E-state index in [2.05, 4.69) is 52.8 Å². The minimum atomic E-state index is 0.542. The zero-order valence-corrected chi connectivity index (χ0v) is 11.0. The Morgan fingerprint density at radius 3 is 2.68 bits per heavy atom. The maximum atomic E-state index is 5.76. The molecule has 3 heteroatoms. The van der Waals surface area contributed by atoms with Gasteiger partial charge in [-0.15, -0.1) is 0 Å². The highest BCUT2D eigenvalue weighted by Gasteiger charge is 2.08. The molecule has 0 aliphatic carbocycles. The molecule has 19 heavy (non-hydrogen) atoms. The zero-order valence-electron chi connectivity index (χ0n) is 11.0. The van der Waals surface area contributed by atoms with Gasteiger partial charge in [-0.3, -0.25) is 0 Å². The number of imidazole rings is 1. The summed E-state index contributed by atoms with van der Waals surface area (Å²) in [7, 11) is 0. The second-order valence-electron chi connectivity index (χ2n) is 4.77. The van der Waals surface area contributed by atoms with Gasteiger partial charge in [0.1, 0.15) is 5.82 Å². The zero-order chi connectivity index (χ0) is 13.2. The van der Waals surface area contributed by atoms with Crippen LogP contribution in [-0.2, 0) is 13.0 Å². The number of fused-ring (bicyclic) bond motifs is 1. The third-order valence-corrected chi connectivity index (χ3v) is 3.56. The van der Waals surface area contributed by atoms with E-state index >= 15 is 0 Å². The topological polar surface area (TPSA) is 43.3 Å². The number of aryl methyl sites for hydroxylation is 1. The smallest absolute Gasteiger partial charge is 0.117 e. The van der Waals surface area contributed by atoms with Gasteiger partial charge in [-0.1, -0.05) is 30.3 Å². The van der Waals surface area contributed by atoms with Crippen LogP contribution in [0.5, 0.6) is 0 Å². The van der Waals surface area contributed by atoms with Crippen molar-refractivity contribution in [2.24, 2.45) is 5.73 Å².